The monoisotopic (exact) mass is 334 g/mol. The fraction of sp³-hybridized carbons (Fsp3) is 0.375. The van der Waals surface area contributed by atoms with Gasteiger partial charge in [-0.15, -0.1) is 0 Å². The predicted molar refractivity (Wildman–Crippen MR) is 86.3 cm³/mol. The zero-order chi connectivity index (χ0) is 16.1. The van der Waals surface area contributed by atoms with Crippen LogP contribution >= 0.6 is 11.3 Å². The third-order valence-corrected chi connectivity index (χ3v) is 4.73. The van der Waals surface area contributed by atoms with Crippen LogP contribution in [0.4, 0.5) is 0 Å². The largest absolute Gasteiger partial charge is 0.459 e. The Morgan fingerprint density at radius 2 is 2.13 bits per heavy atom. The van der Waals surface area contributed by atoms with E-state index < -0.39 is 0 Å². The Morgan fingerprint density at radius 1 is 1.30 bits per heavy atom. The van der Waals surface area contributed by atoms with Crippen LogP contribution < -0.4 is 10.2 Å². The molecule has 1 aliphatic heterocycles. The molecule has 23 heavy (non-hydrogen) atoms. The molecule has 2 amide bonds. The summed E-state index contributed by atoms with van der Waals surface area (Å²) in [5.74, 6) is -0.174. The number of piperazine rings is 1. The van der Waals surface area contributed by atoms with Crippen LogP contribution in [-0.4, -0.2) is 49.4 Å². The first-order valence-corrected chi connectivity index (χ1v) is 8.61. The Kier molecular flexibility index (Phi) is 5.09. The number of furan rings is 1. The molecule has 3 heterocycles. The standard InChI is InChI=1S/C16H19N3O3S/c20-15(10-17-16(21)14-2-1-8-22-14)19-6-4-18(5-7-19)11-13-3-9-23-12-13/h1-3,8-9,12H,4-7,10-11H2,(H,17,21)/p+1. The summed E-state index contributed by atoms with van der Waals surface area (Å²) in [5.41, 5.74) is 1.36. The van der Waals surface area contributed by atoms with E-state index in [1.165, 1.54) is 16.7 Å². The van der Waals surface area contributed by atoms with Crippen molar-refractivity contribution in [3.8, 4) is 0 Å². The van der Waals surface area contributed by atoms with Gasteiger partial charge in [-0.25, -0.2) is 0 Å². The molecule has 2 N–H and O–H groups in total. The maximum Gasteiger partial charge on any atom is 0.287 e. The van der Waals surface area contributed by atoms with Crippen LogP contribution in [0.2, 0.25) is 0 Å². The van der Waals surface area contributed by atoms with Crippen molar-refractivity contribution in [2.45, 2.75) is 6.54 Å². The fourth-order valence-electron chi connectivity index (χ4n) is 2.69. The fourth-order valence-corrected chi connectivity index (χ4v) is 3.36. The molecular weight excluding hydrogens is 314 g/mol. The molecule has 1 aliphatic rings. The molecule has 0 radical (unpaired) electrons. The lowest BCUT2D eigenvalue weighted by Gasteiger charge is -2.32. The van der Waals surface area contributed by atoms with Gasteiger partial charge in [0, 0.05) is 5.56 Å². The lowest BCUT2D eigenvalue weighted by molar-refractivity contribution is -0.917. The van der Waals surface area contributed by atoms with Gasteiger partial charge in [0.05, 0.1) is 39.0 Å². The van der Waals surface area contributed by atoms with E-state index in [2.05, 4.69) is 22.1 Å². The number of hydrogen-bond donors (Lipinski definition) is 2. The second-order valence-electron chi connectivity index (χ2n) is 5.60. The van der Waals surface area contributed by atoms with Gasteiger partial charge in [0.1, 0.15) is 6.54 Å². The third kappa shape index (κ3) is 4.20. The maximum atomic E-state index is 12.2. The third-order valence-electron chi connectivity index (χ3n) is 4.00. The number of thiophene rings is 1. The summed E-state index contributed by atoms with van der Waals surface area (Å²) in [5, 5.41) is 6.87. The first kappa shape index (κ1) is 15.8. The first-order chi connectivity index (χ1) is 11.2. The quantitative estimate of drug-likeness (QED) is 0.809. The Balaban J connectivity index is 1.40. The molecule has 0 spiro atoms. The second-order valence-corrected chi connectivity index (χ2v) is 6.38. The van der Waals surface area contributed by atoms with E-state index in [0.717, 1.165) is 32.7 Å². The highest BCUT2D eigenvalue weighted by Gasteiger charge is 2.24. The number of rotatable bonds is 5. The molecule has 0 aromatic carbocycles. The van der Waals surface area contributed by atoms with Crippen molar-refractivity contribution < 1.29 is 18.9 Å². The van der Waals surface area contributed by atoms with Gasteiger partial charge in [0.2, 0.25) is 5.91 Å². The molecule has 1 fully saturated rings. The summed E-state index contributed by atoms with van der Waals surface area (Å²) in [6, 6.07) is 5.37. The van der Waals surface area contributed by atoms with E-state index in [-0.39, 0.29) is 24.1 Å². The number of nitrogens with zero attached hydrogens (tertiary/aromatic N) is 1. The molecule has 0 unspecified atom stereocenters. The van der Waals surface area contributed by atoms with Crippen molar-refractivity contribution in [2.24, 2.45) is 0 Å². The van der Waals surface area contributed by atoms with Crippen molar-refractivity contribution in [2.75, 3.05) is 32.7 Å². The van der Waals surface area contributed by atoms with Crippen molar-refractivity contribution >= 4 is 23.2 Å². The summed E-state index contributed by atoms with van der Waals surface area (Å²) < 4.78 is 5.00. The minimum Gasteiger partial charge on any atom is -0.459 e. The molecule has 2 aromatic heterocycles. The topological polar surface area (TPSA) is 67.0 Å². The van der Waals surface area contributed by atoms with E-state index in [1.54, 1.807) is 23.5 Å². The number of carbonyl (C=O) groups is 2. The van der Waals surface area contributed by atoms with Gasteiger partial charge in [-0.1, -0.05) is 0 Å². The number of quaternary nitrogens is 1. The summed E-state index contributed by atoms with van der Waals surface area (Å²) in [6.45, 7) is 4.37. The zero-order valence-corrected chi connectivity index (χ0v) is 13.6. The van der Waals surface area contributed by atoms with Crippen LogP contribution in [0.25, 0.3) is 0 Å². The second kappa shape index (κ2) is 7.43. The molecule has 0 atom stereocenters. The van der Waals surface area contributed by atoms with Gasteiger partial charge in [0.25, 0.3) is 5.91 Å². The molecule has 0 saturated carbocycles. The lowest BCUT2D eigenvalue weighted by atomic mass is 10.2. The molecule has 6 nitrogen and oxygen atoms in total. The van der Waals surface area contributed by atoms with Gasteiger partial charge >= 0.3 is 0 Å². The van der Waals surface area contributed by atoms with Crippen LogP contribution in [0.5, 0.6) is 0 Å². The summed E-state index contributed by atoms with van der Waals surface area (Å²) in [7, 11) is 0. The average Bonchev–Trinajstić information content (AvgIpc) is 3.26. The summed E-state index contributed by atoms with van der Waals surface area (Å²) in [4.78, 5) is 27.2. The minimum atomic E-state index is -0.356. The predicted octanol–water partition coefficient (Wildman–Crippen LogP) is -0.00180. The number of hydrogen-bond acceptors (Lipinski definition) is 4. The smallest absolute Gasteiger partial charge is 0.287 e. The normalized spacial score (nSPS) is 15.6. The van der Waals surface area contributed by atoms with E-state index in [1.807, 2.05) is 4.90 Å². The summed E-state index contributed by atoms with van der Waals surface area (Å²) >= 11 is 1.72. The molecule has 3 rings (SSSR count). The van der Waals surface area contributed by atoms with E-state index >= 15 is 0 Å². The Morgan fingerprint density at radius 3 is 2.78 bits per heavy atom. The molecule has 0 aliphatic carbocycles. The molecule has 1 saturated heterocycles. The minimum absolute atomic E-state index is 0.0133. The summed E-state index contributed by atoms with van der Waals surface area (Å²) in [6.07, 6.45) is 1.44. The molecular formula is C16H20N3O3S+. The van der Waals surface area contributed by atoms with Crippen molar-refractivity contribution in [1.82, 2.24) is 10.2 Å². The van der Waals surface area contributed by atoms with E-state index in [9.17, 15) is 9.59 Å². The molecule has 7 heteroatoms. The number of nitrogens with one attached hydrogen (secondary N) is 2. The van der Waals surface area contributed by atoms with E-state index in [4.69, 9.17) is 4.42 Å². The van der Waals surface area contributed by atoms with E-state index in [0.29, 0.717) is 0 Å². The number of amides is 2. The van der Waals surface area contributed by atoms with Gasteiger partial charge in [-0.3, -0.25) is 9.59 Å². The van der Waals surface area contributed by atoms with Crippen LogP contribution in [-0.2, 0) is 11.3 Å². The van der Waals surface area contributed by atoms with Gasteiger partial charge in [-0.05, 0) is 29.0 Å². The van der Waals surface area contributed by atoms with Crippen molar-refractivity contribution in [1.29, 1.82) is 0 Å². The van der Waals surface area contributed by atoms with Crippen LogP contribution in [0.15, 0.2) is 39.6 Å². The van der Waals surface area contributed by atoms with Crippen LogP contribution in [0, 0.1) is 0 Å². The molecule has 0 bridgehead atoms. The Hall–Kier alpha value is -2.12. The molecule has 2 aromatic rings. The Labute approximate surface area is 138 Å². The van der Waals surface area contributed by atoms with Crippen LogP contribution in [0.1, 0.15) is 16.1 Å². The Bertz CT molecular complexity index is 632. The lowest BCUT2D eigenvalue weighted by Crippen LogP contribution is -3.13. The highest BCUT2D eigenvalue weighted by molar-refractivity contribution is 7.07. The zero-order valence-electron chi connectivity index (χ0n) is 12.8. The van der Waals surface area contributed by atoms with Gasteiger partial charge < -0.3 is 19.5 Å². The van der Waals surface area contributed by atoms with Crippen molar-refractivity contribution in [3.05, 3.63) is 46.5 Å². The first-order valence-electron chi connectivity index (χ1n) is 7.66. The maximum absolute atomic E-state index is 12.2. The number of carbonyl (C=O) groups excluding carboxylic acids is 2. The molecule has 122 valence electrons. The highest BCUT2D eigenvalue weighted by Crippen LogP contribution is 2.04. The van der Waals surface area contributed by atoms with Gasteiger partial charge in [0.15, 0.2) is 5.76 Å². The average molecular weight is 334 g/mol. The SMILES string of the molecule is O=C(NCC(=O)N1CC[NH+](Cc2ccsc2)CC1)c1ccco1. The van der Waals surface area contributed by atoms with Gasteiger partial charge in [-0.2, -0.15) is 11.3 Å². The van der Waals surface area contributed by atoms with Crippen LogP contribution in [0.3, 0.4) is 0 Å². The highest BCUT2D eigenvalue weighted by atomic mass is 32.1. The van der Waals surface area contributed by atoms with Crippen molar-refractivity contribution in [3.63, 3.8) is 0 Å².